The molecule has 1 heterocycles. The Morgan fingerprint density at radius 1 is 1.67 bits per heavy atom. The largest absolute Gasteiger partial charge is 0.383 e. The van der Waals surface area contributed by atoms with Crippen LogP contribution in [-0.4, -0.2) is 41.8 Å². The van der Waals surface area contributed by atoms with E-state index in [2.05, 4.69) is 17.3 Å². The summed E-state index contributed by atoms with van der Waals surface area (Å²) in [5.74, 6) is 1.06. The molecule has 0 bridgehead atoms. The molecule has 4 nitrogen and oxygen atoms in total. The second-order valence-electron chi connectivity index (χ2n) is 3.51. The number of aromatic nitrogens is 2. The number of aryl methyl sites for hydroxylation is 1. The molecular weight excluding hydrogens is 210 g/mol. The Kier molecular flexibility index (Phi) is 5.75. The summed E-state index contributed by atoms with van der Waals surface area (Å²) in [6, 6.07) is 0.421. The number of ether oxygens (including phenoxy) is 1. The van der Waals surface area contributed by atoms with Gasteiger partial charge < -0.3 is 10.1 Å². The fourth-order valence-corrected chi connectivity index (χ4v) is 2.06. The van der Waals surface area contributed by atoms with Gasteiger partial charge in [-0.1, -0.05) is 0 Å². The molecule has 1 atom stereocenters. The van der Waals surface area contributed by atoms with Gasteiger partial charge in [0.1, 0.15) is 0 Å². The quantitative estimate of drug-likeness (QED) is 0.562. The maximum Gasteiger partial charge on any atom is 0.0625 e. The van der Waals surface area contributed by atoms with E-state index < -0.39 is 0 Å². The van der Waals surface area contributed by atoms with E-state index in [1.807, 2.05) is 35.9 Å². The van der Waals surface area contributed by atoms with E-state index in [1.54, 1.807) is 7.11 Å². The monoisotopic (exact) mass is 229 g/mol. The number of hydrogen-bond donors (Lipinski definition) is 1. The Morgan fingerprint density at radius 3 is 3.07 bits per heavy atom. The molecule has 1 unspecified atom stereocenters. The number of hydrogen-bond acceptors (Lipinski definition) is 4. The highest BCUT2D eigenvalue weighted by atomic mass is 32.2. The summed E-state index contributed by atoms with van der Waals surface area (Å²) in [6.07, 6.45) is 3.92. The average Bonchev–Trinajstić information content (AvgIpc) is 2.60. The molecule has 0 fully saturated rings. The Hall–Kier alpha value is -0.520. The average molecular weight is 229 g/mol. The lowest BCUT2D eigenvalue weighted by Crippen LogP contribution is -2.31. The van der Waals surface area contributed by atoms with Gasteiger partial charge in [0.25, 0.3) is 0 Å². The molecule has 0 radical (unpaired) electrons. The smallest absolute Gasteiger partial charge is 0.0625 e. The lowest BCUT2D eigenvalue weighted by Gasteiger charge is -2.11. The van der Waals surface area contributed by atoms with Crippen molar-refractivity contribution in [2.75, 3.05) is 26.0 Å². The van der Waals surface area contributed by atoms with Gasteiger partial charge in [-0.15, -0.1) is 11.8 Å². The Labute approximate surface area is 95.4 Å². The first-order valence-electron chi connectivity index (χ1n) is 5.06. The summed E-state index contributed by atoms with van der Waals surface area (Å²) >= 11 is 1.81. The third-order valence-electron chi connectivity index (χ3n) is 1.96. The summed E-state index contributed by atoms with van der Waals surface area (Å²) in [5, 5.41) is 7.50. The predicted molar refractivity (Wildman–Crippen MR) is 63.3 cm³/mol. The standard InChI is InChI=1S/C10H19N3OS/c1-9(8-14-3)11-4-5-15-10-6-12-13(2)7-10/h6-7,9,11H,4-5,8H2,1-3H3. The van der Waals surface area contributed by atoms with E-state index >= 15 is 0 Å². The number of nitrogens with one attached hydrogen (secondary N) is 1. The zero-order chi connectivity index (χ0) is 11.1. The van der Waals surface area contributed by atoms with Gasteiger partial charge in [0.15, 0.2) is 0 Å². The van der Waals surface area contributed by atoms with Crippen LogP contribution in [0.25, 0.3) is 0 Å². The molecular formula is C10H19N3OS. The van der Waals surface area contributed by atoms with Gasteiger partial charge in [0, 0.05) is 43.6 Å². The van der Waals surface area contributed by atoms with Crippen LogP contribution in [0.1, 0.15) is 6.92 Å². The predicted octanol–water partition coefficient (Wildman–Crippen LogP) is 1.14. The molecule has 0 amide bonds. The molecule has 0 spiro atoms. The maximum absolute atomic E-state index is 5.04. The normalized spacial score (nSPS) is 13.0. The van der Waals surface area contributed by atoms with Crippen molar-refractivity contribution in [2.24, 2.45) is 7.05 Å². The minimum Gasteiger partial charge on any atom is -0.383 e. The van der Waals surface area contributed by atoms with Crippen molar-refractivity contribution < 1.29 is 4.74 Å². The zero-order valence-electron chi connectivity index (χ0n) is 9.56. The van der Waals surface area contributed by atoms with Crippen LogP contribution in [0.4, 0.5) is 0 Å². The molecule has 1 aromatic heterocycles. The molecule has 1 rings (SSSR count). The molecule has 0 aliphatic carbocycles. The molecule has 0 aromatic carbocycles. The fraction of sp³-hybridized carbons (Fsp3) is 0.700. The Bertz CT molecular complexity index is 277. The van der Waals surface area contributed by atoms with Crippen molar-refractivity contribution in [1.29, 1.82) is 0 Å². The molecule has 15 heavy (non-hydrogen) atoms. The van der Waals surface area contributed by atoms with E-state index in [-0.39, 0.29) is 0 Å². The molecule has 0 aliphatic rings. The molecule has 1 N–H and O–H groups in total. The lowest BCUT2D eigenvalue weighted by atomic mass is 10.4. The number of thioether (sulfide) groups is 1. The summed E-state index contributed by atoms with van der Waals surface area (Å²) < 4.78 is 6.86. The second-order valence-corrected chi connectivity index (χ2v) is 4.68. The number of nitrogens with zero attached hydrogens (tertiary/aromatic N) is 2. The van der Waals surface area contributed by atoms with Gasteiger partial charge in [-0.25, -0.2) is 0 Å². The first-order chi connectivity index (χ1) is 7.22. The lowest BCUT2D eigenvalue weighted by molar-refractivity contribution is 0.173. The van der Waals surface area contributed by atoms with Gasteiger partial charge in [0.2, 0.25) is 0 Å². The summed E-state index contributed by atoms with van der Waals surface area (Å²) in [4.78, 5) is 1.22. The van der Waals surface area contributed by atoms with Gasteiger partial charge >= 0.3 is 0 Å². The second kappa shape index (κ2) is 6.87. The third-order valence-corrected chi connectivity index (χ3v) is 2.91. The van der Waals surface area contributed by atoms with Gasteiger partial charge in [-0.2, -0.15) is 5.10 Å². The van der Waals surface area contributed by atoms with Crippen LogP contribution < -0.4 is 5.32 Å². The molecule has 86 valence electrons. The molecule has 5 heteroatoms. The fourth-order valence-electron chi connectivity index (χ4n) is 1.26. The molecule has 0 aliphatic heterocycles. The SMILES string of the molecule is COCC(C)NCCSc1cnn(C)c1. The van der Waals surface area contributed by atoms with Crippen LogP contribution in [0.3, 0.4) is 0 Å². The van der Waals surface area contributed by atoms with Crippen LogP contribution in [0.5, 0.6) is 0 Å². The van der Waals surface area contributed by atoms with Crippen molar-refractivity contribution in [3.05, 3.63) is 12.4 Å². The van der Waals surface area contributed by atoms with Crippen molar-refractivity contribution in [1.82, 2.24) is 15.1 Å². The maximum atomic E-state index is 5.04. The van der Waals surface area contributed by atoms with E-state index in [1.165, 1.54) is 4.90 Å². The molecule has 0 saturated carbocycles. The Morgan fingerprint density at radius 2 is 2.47 bits per heavy atom. The van der Waals surface area contributed by atoms with Crippen molar-refractivity contribution in [2.45, 2.75) is 17.9 Å². The number of methoxy groups -OCH3 is 1. The summed E-state index contributed by atoms with van der Waals surface area (Å²) in [5.41, 5.74) is 0. The van der Waals surface area contributed by atoms with Crippen LogP contribution >= 0.6 is 11.8 Å². The number of rotatable bonds is 7. The van der Waals surface area contributed by atoms with Crippen molar-refractivity contribution in [3.63, 3.8) is 0 Å². The van der Waals surface area contributed by atoms with E-state index in [9.17, 15) is 0 Å². The first kappa shape index (κ1) is 12.5. The minimum absolute atomic E-state index is 0.421. The highest BCUT2D eigenvalue weighted by Crippen LogP contribution is 2.14. The van der Waals surface area contributed by atoms with E-state index in [0.29, 0.717) is 6.04 Å². The summed E-state index contributed by atoms with van der Waals surface area (Å²) in [7, 11) is 3.66. The van der Waals surface area contributed by atoms with Crippen LogP contribution in [0.2, 0.25) is 0 Å². The van der Waals surface area contributed by atoms with Crippen molar-refractivity contribution >= 4 is 11.8 Å². The van der Waals surface area contributed by atoms with Gasteiger partial charge in [-0.05, 0) is 6.92 Å². The zero-order valence-corrected chi connectivity index (χ0v) is 10.4. The van der Waals surface area contributed by atoms with Crippen LogP contribution in [0, 0.1) is 0 Å². The summed E-state index contributed by atoms with van der Waals surface area (Å²) in [6.45, 7) is 3.87. The van der Waals surface area contributed by atoms with Gasteiger partial charge in [0.05, 0.1) is 12.8 Å². The van der Waals surface area contributed by atoms with E-state index in [4.69, 9.17) is 4.74 Å². The highest BCUT2D eigenvalue weighted by Gasteiger charge is 2.00. The Balaban J connectivity index is 2.06. The van der Waals surface area contributed by atoms with Crippen molar-refractivity contribution in [3.8, 4) is 0 Å². The van der Waals surface area contributed by atoms with Crippen LogP contribution in [0.15, 0.2) is 17.3 Å². The molecule has 0 saturated heterocycles. The molecule has 1 aromatic rings. The van der Waals surface area contributed by atoms with E-state index in [0.717, 1.165) is 18.9 Å². The third kappa shape index (κ3) is 5.20. The minimum atomic E-state index is 0.421. The highest BCUT2D eigenvalue weighted by molar-refractivity contribution is 7.99. The first-order valence-corrected chi connectivity index (χ1v) is 6.04. The topological polar surface area (TPSA) is 39.1 Å². The van der Waals surface area contributed by atoms with Crippen LogP contribution in [-0.2, 0) is 11.8 Å². The van der Waals surface area contributed by atoms with Gasteiger partial charge in [-0.3, -0.25) is 4.68 Å².